The van der Waals surface area contributed by atoms with Gasteiger partial charge in [0, 0.05) is 12.0 Å². The number of anilines is 1. The second kappa shape index (κ2) is 6.23. The molecule has 0 unspecified atom stereocenters. The molecule has 0 radical (unpaired) electrons. The molecule has 1 N–H and O–H groups in total. The van der Waals surface area contributed by atoms with Crippen molar-refractivity contribution in [2.45, 2.75) is 25.6 Å². The van der Waals surface area contributed by atoms with E-state index in [-0.39, 0.29) is 11.3 Å². The molecule has 0 atom stereocenters. The van der Waals surface area contributed by atoms with Gasteiger partial charge in [-0.3, -0.25) is 14.9 Å². The van der Waals surface area contributed by atoms with Gasteiger partial charge in [-0.1, -0.05) is 11.3 Å². The number of alkyl halides is 3. The lowest BCUT2D eigenvalue weighted by atomic mass is 10.0. The maximum Gasteiger partial charge on any atom is 0.573 e. The van der Waals surface area contributed by atoms with Gasteiger partial charge in [-0.25, -0.2) is 4.98 Å². The third-order valence-electron chi connectivity index (χ3n) is 3.34. The van der Waals surface area contributed by atoms with Crippen LogP contribution in [0.15, 0.2) is 24.3 Å². The van der Waals surface area contributed by atoms with Crippen LogP contribution in [-0.4, -0.2) is 23.0 Å². The number of benzene rings is 1. The number of nitrogens with one attached hydrogen (secondary N) is 1. The van der Waals surface area contributed by atoms with Crippen molar-refractivity contribution in [2.24, 2.45) is 0 Å². The lowest BCUT2D eigenvalue weighted by Crippen LogP contribution is -2.17. The summed E-state index contributed by atoms with van der Waals surface area (Å²) in [7, 11) is 0. The predicted octanol–water partition coefficient (Wildman–Crippen LogP) is 3.81. The molecule has 0 saturated carbocycles. The molecule has 1 aromatic heterocycles. The SMILES string of the molecule is O=C(Nc1nc2c(s1)C(=O)CCC2)c1ccc(OC(F)(F)F)cc1. The summed E-state index contributed by atoms with van der Waals surface area (Å²) >= 11 is 1.11. The summed E-state index contributed by atoms with van der Waals surface area (Å²) in [5, 5.41) is 2.86. The fourth-order valence-electron chi connectivity index (χ4n) is 2.30. The van der Waals surface area contributed by atoms with Crippen LogP contribution in [0.3, 0.4) is 0 Å². The fourth-order valence-corrected chi connectivity index (χ4v) is 3.27. The van der Waals surface area contributed by atoms with Crippen LogP contribution in [0.4, 0.5) is 18.3 Å². The molecule has 0 aliphatic heterocycles. The number of fused-ring (bicyclic) bond motifs is 1. The Morgan fingerprint density at radius 1 is 1.21 bits per heavy atom. The zero-order chi connectivity index (χ0) is 17.3. The molecule has 0 fully saturated rings. The van der Waals surface area contributed by atoms with Crippen molar-refractivity contribution < 1.29 is 27.5 Å². The molecule has 1 heterocycles. The summed E-state index contributed by atoms with van der Waals surface area (Å²) in [6, 6.07) is 4.54. The average Bonchev–Trinajstić information content (AvgIpc) is 2.90. The number of hydrogen-bond acceptors (Lipinski definition) is 5. The summed E-state index contributed by atoms with van der Waals surface area (Å²) in [6.45, 7) is 0. The lowest BCUT2D eigenvalue weighted by molar-refractivity contribution is -0.274. The maximum absolute atomic E-state index is 12.1. The molecule has 126 valence electrons. The number of aromatic nitrogens is 1. The van der Waals surface area contributed by atoms with E-state index < -0.39 is 18.0 Å². The number of rotatable bonds is 3. The van der Waals surface area contributed by atoms with Crippen molar-refractivity contribution in [1.29, 1.82) is 0 Å². The Morgan fingerprint density at radius 3 is 2.54 bits per heavy atom. The largest absolute Gasteiger partial charge is 0.573 e. The number of ether oxygens (including phenoxy) is 1. The number of carbonyl (C=O) groups excluding carboxylic acids is 2. The lowest BCUT2D eigenvalue weighted by Gasteiger charge is -2.09. The van der Waals surface area contributed by atoms with Gasteiger partial charge in [0.25, 0.3) is 5.91 Å². The van der Waals surface area contributed by atoms with Gasteiger partial charge >= 0.3 is 6.36 Å². The molecule has 1 aromatic carbocycles. The number of Topliss-reactive ketones (excluding diaryl/α,β-unsaturated/α-hetero) is 1. The first-order valence-corrected chi connectivity index (χ1v) is 7.83. The highest BCUT2D eigenvalue weighted by molar-refractivity contribution is 7.17. The zero-order valence-corrected chi connectivity index (χ0v) is 13.0. The zero-order valence-electron chi connectivity index (χ0n) is 12.1. The molecule has 9 heteroatoms. The molecule has 3 rings (SSSR count). The summed E-state index contributed by atoms with van der Waals surface area (Å²) in [5.41, 5.74) is 0.837. The Morgan fingerprint density at radius 2 is 1.92 bits per heavy atom. The van der Waals surface area contributed by atoms with Crippen molar-refractivity contribution in [3.05, 3.63) is 40.4 Å². The van der Waals surface area contributed by atoms with E-state index in [0.29, 0.717) is 28.5 Å². The van der Waals surface area contributed by atoms with Gasteiger partial charge in [0.15, 0.2) is 10.9 Å². The maximum atomic E-state index is 12.1. The molecule has 0 saturated heterocycles. The van der Waals surface area contributed by atoms with Crippen molar-refractivity contribution in [2.75, 3.05) is 5.32 Å². The first-order chi connectivity index (χ1) is 11.3. The second-order valence-electron chi connectivity index (χ2n) is 5.10. The molecule has 1 amide bonds. The van der Waals surface area contributed by atoms with E-state index in [1.54, 1.807) is 0 Å². The predicted molar refractivity (Wildman–Crippen MR) is 80.5 cm³/mol. The third-order valence-corrected chi connectivity index (χ3v) is 4.39. The van der Waals surface area contributed by atoms with E-state index in [9.17, 15) is 22.8 Å². The Kier molecular flexibility index (Phi) is 4.27. The van der Waals surface area contributed by atoms with Gasteiger partial charge in [-0.05, 0) is 37.1 Å². The highest BCUT2D eigenvalue weighted by Crippen LogP contribution is 2.30. The van der Waals surface area contributed by atoms with Crippen LogP contribution in [0.5, 0.6) is 5.75 Å². The molecule has 1 aliphatic rings. The molecular weight excluding hydrogens is 345 g/mol. The van der Waals surface area contributed by atoms with Crippen molar-refractivity contribution in [3.63, 3.8) is 0 Å². The summed E-state index contributed by atoms with van der Waals surface area (Å²) < 4.78 is 40.0. The summed E-state index contributed by atoms with van der Waals surface area (Å²) in [5.74, 6) is -0.913. The molecular formula is C15H11F3N2O3S. The fraction of sp³-hybridized carbons (Fsp3) is 0.267. The quantitative estimate of drug-likeness (QED) is 0.908. The van der Waals surface area contributed by atoms with Gasteiger partial charge < -0.3 is 4.74 Å². The molecule has 0 spiro atoms. The van der Waals surface area contributed by atoms with Crippen LogP contribution in [0.2, 0.25) is 0 Å². The van der Waals surface area contributed by atoms with Gasteiger partial charge in [0.05, 0.1) is 10.6 Å². The highest BCUT2D eigenvalue weighted by Gasteiger charge is 2.31. The van der Waals surface area contributed by atoms with Crippen molar-refractivity contribution in [1.82, 2.24) is 4.98 Å². The van der Waals surface area contributed by atoms with Crippen LogP contribution in [-0.2, 0) is 6.42 Å². The topological polar surface area (TPSA) is 68.3 Å². The van der Waals surface area contributed by atoms with E-state index in [1.165, 1.54) is 12.1 Å². The number of aryl methyl sites for hydroxylation is 1. The Balaban J connectivity index is 1.70. The van der Waals surface area contributed by atoms with Gasteiger partial charge in [0.1, 0.15) is 5.75 Å². The van der Waals surface area contributed by atoms with Crippen LogP contribution in [0.25, 0.3) is 0 Å². The molecule has 0 bridgehead atoms. The highest BCUT2D eigenvalue weighted by atomic mass is 32.1. The number of ketones is 1. The molecule has 1 aliphatic carbocycles. The molecule has 2 aromatic rings. The average molecular weight is 356 g/mol. The standard InChI is InChI=1S/C15H11F3N2O3S/c16-15(17,18)23-9-6-4-8(5-7-9)13(22)20-14-19-10-2-1-3-11(21)12(10)24-14/h4-7H,1-3H2,(H,19,20,22). The first-order valence-electron chi connectivity index (χ1n) is 7.02. The van der Waals surface area contributed by atoms with Crippen molar-refractivity contribution >= 4 is 28.2 Å². The van der Waals surface area contributed by atoms with Gasteiger partial charge in [-0.2, -0.15) is 0 Å². The number of thiazole rings is 1. The number of amides is 1. The Labute approximate surface area is 138 Å². The van der Waals surface area contributed by atoms with Crippen LogP contribution in [0.1, 0.15) is 38.6 Å². The molecule has 5 nitrogen and oxygen atoms in total. The van der Waals surface area contributed by atoms with E-state index >= 15 is 0 Å². The number of hydrogen-bond donors (Lipinski definition) is 1. The minimum atomic E-state index is -4.78. The monoisotopic (exact) mass is 356 g/mol. The second-order valence-corrected chi connectivity index (χ2v) is 6.10. The summed E-state index contributed by atoms with van der Waals surface area (Å²) in [4.78, 5) is 28.7. The number of carbonyl (C=O) groups is 2. The molecule has 24 heavy (non-hydrogen) atoms. The van der Waals surface area contributed by atoms with Crippen molar-refractivity contribution in [3.8, 4) is 5.75 Å². The van der Waals surface area contributed by atoms with Crippen LogP contribution < -0.4 is 10.1 Å². The Hall–Kier alpha value is -2.42. The normalized spacial score (nSPS) is 14.2. The van der Waals surface area contributed by atoms with Gasteiger partial charge in [-0.15, -0.1) is 13.2 Å². The third kappa shape index (κ3) is 3.73. The van der Waals surface area contributed by atoms with Crippen LogP contribution in [0, 0.1) is 0 Å². The van der Waals surface area contributed by atoms with E-state index in [0.717, 1.165) is 29.9 Å². The minimum absolute atomic E-state index is 0.0166. The van der Waals surface area contributed by atoms with Gasteiger partial charge in [0.2, 0.25) is 0 Å². The Bertz CT molecular complexity index is 784. The van der Waals surface area contributed by atoms with Crippen LogP contribution >= 0.6 is 11.3 Å². The van der Waals surface area contributed by atoms with E-state index in [4.69, 9.17) is 0 Å². The number of nitrogens with zero attached hydrogens (tertiary/aromatic N) is 1. The summed E-state index contributed by atoms with van der Waals surface area (Å²) in [6.07, 6.45) is -2.87. The van der Waals surface area contributed by atoms with E-state index in [1.807, 2.05) is 0 Å². The van der Waals surface area contributed by atoms with E-state index in [2.05, 4.69) is 15.0 Å². The number of halogens is 3. The first kappa shape index (κ1) is 16.4. The minimum Gasteiger partial charge on any atom is -0.406 e. The smallest absolute Gasteiger partial charge is 0.406 e.